The second kappa shape index (κ2) is 6.98. The number of rotatable bonds is 6. The number of carboxylic acid groups (broad SMARTS) is 1. The van der Waals surface area contributed by atoms with Crippen LogP contribution in [0.3, 0.4) is 0 Å². The van der Waals surface area contributed by atoms with Gasteiger partial charge < -0.3 is 10.4 Å². The van der Waals surface area contributed by atoms with Crippen LogP contribution in [0.1, 0.15) is 42.5 Å². The molecule has 1 rings (SSSR count). The molecule has 110 valence electrons. The molecule has 0 aromatic carbocycles. The highest BCUT2D eigenvalue weighted by molar-refractivity contribution is 5.95. The maximum absolute atomic E-state index is 12.2. The van der Waals surface area contributed by atoms with Gasteiger partial charge in [0.05, 0.1) is 22.9 Å². The molecule has 0 spiro atoms. The number of carbonyl (C=O) groups is 2. The number of amides is 1. The van der Waals surface area contributed by atoms with Crippen LogP contribution in [0, 0.1) is 18.8 Å². The molecule has 2 N–H and O–H groups in total. The minimum atomic E-state index is -0.903. The van der Waals surface area contributed by atoms with Crippen molar-refractivity contribution in [3.05, 3.63) is 23.0 Å². The lowest BCUT2D eigenvalue weighted by molar-refractivity contribution is -0.142. The van der Waals surface area contributed by atoms with E-state index in [1.807, 2.05) is 20.8 Å². The molecule has 1 aromatic heterocycles. The molecule has 20 heavy (non-hydrogen) atoms. The molecule has 1 amide bonds. The van der Waals surface area contributed by atoms with Gasteiger partial charge in [-0.2, -0.15) is 10.2 Å². The van der Waals surface area contributed by atoms with E-state index in [0.717, 1.165) is 0 Å². The highest BCUT2D eigenvalue weighted by Gasteiger charge is 2.23. The molecule has 1 heterocycles. The van der Waals surface area contributed by atoms with Crippen LogP contribution in [-0.2, 0) is 11.2 Å². The van der Waals surface area contributed by atoms with Crippen LogP contribution in [0.4, 0.5) is 0 Å². The zero-order valence-corrected chi connectivity index (χ0v) is 12.3. The number of nitrogens with one attached hydrogen (secondary N) is 1. The Hall–Kier alpha value is -1.98. The quantitative estimate of drug-likeness (QED) is 0.822. The minimum Gasteiger partial charge on any atom is -0.481 e. The van der Waals surface area contributed by atoms with Gasteiger partial charge in [-0.1, -0.05) is 20.8 Å². The lowest BCUT2D eigenvalue weighted by atomic mass is 9.96. The van der Waals surface area contributed by atoms with Gasteiger partial charge in [-0.05, 0) is 25.3 Å². The standard InChI is InChI=1S/C14H21N3O3/c1-5-12-10(6-9(4)16-17-12)13(18)15-7-11(8(2)3)14(19)20/h6,8,11H,5,7H2,1-4H3,(H,15,18)(H,19,20). The van der Waals surface area contributed by atoms with Gasteiger partial charge in [0.25, 0.3) is 5.91 Å². The lowest BCUT2D eigenvalue weighted by Gasteiger charge is -2.17. The number of carboxylic acids is 1. The van der Waals surface area contributed by atoms with E-state index in [0.29, 0.717) is 23.4 Å². The Morgan fingerprint density at radius 1 is 1.35 bits per heavy atom. The Bertz CT molecular complexity index is 500. The van der Waals surface area contributed by atoms with Gasteiger partial charge >= 0.3 is 5.97 Å². The first-order chi connectivity index (χ1) is 9.36. The highest BCUT2D eigenvalue weighted by atomic mass is 16.4. The summed E-state index contributed by atoms with van der Waals surface area (Å²) < 4.78 is 0. The average molecular weight is 279 g/mol. The molecule has 1 aromatic rings. The van der Waals surface area contributed by atoms with E-state index in [1.165, 1.54) is 0 Å². The number of aryl methyl sites for hydroxylation is 2. The van der Waals surface area contributed by atoms with Gasteiger partial charge in [0, 0.05) is 6.54 Å². The van der Waals surface area contributed by atoms with Crippen molar-refractivity contribution in [2.24, 2.45) is 11.8 Å². The predicted octanol–water partition coefficient (Wildman–Crippen LogP) is 1.43. The fourth-order valence-corrected chi connectivity index (χ4v) is 1.88. The van der Waals surface area contributed by atoms with Gasteiger partial charge in [0.2, 0.25) is 0 Å². The molecule has 0 aliphatic heterocycles. The summed E-state index contributed by atoms with van der Waals surface area (Å²) in [6, 6.07) is 1.67. The summed E-state index contributed by atoms with van der Waals surface area (Å²) in [6.07, 6.45) is 0.600. The van der Waals surface area contributed by atoms with Crippen molar-refractivity contribution in [3.63, 3.8) is 0 Å². The summed E-state index contributed by atoms with van der Waals surface area (Å²) in [5, 5.41) is 19.7. The Labute approximate surface area is 118 Å². The number of hydrogen-bond acceptors (Lipinski definition) is 4. The van der Waals surface area contributed by atoms with Gasteiger partial charge in [-0.3, -0.25) is 9.59 Å². The van der Waals surface area contributed by atoms with E-state index in [4.69, 9.17) is 5.11 Å². The van der Waals surface area contributed by atoms with Gasteiger partial charge in [-0.15, -0.1) is 0 Å². The van der Waals surface area contributed by atoms with Crippen LogP contribution in [-0.4, -0.2) is 33.7 Å². The number of aromatic nitrogens is 2. The molecule has 0 saturated heterocycles. The second-order valence-corrected chi connectivity index (χ2v) is 5.10. The van der Waals surface area contributed by atoms with Crippen molar-refractivity contribution < 1.29 is 14.7 Å². The van der Waals surface area contributed by atoms with Crippen molar-refractivity contribution in [3.8, 4) is 0 Å². The van der Waals surface area contributed by atoms with Gasteiger partial charge in [0.15, 0.2) is 0 Å². The third-order valence-electron chi connectivity index (χ3n) is 3.18. The maximum atomic E-state index is 12.2. The van der Waals surface area contributed by atoms with Crippen molar-refractivity contribution in [2.75, 3.05) is 6.54 Å². The molecule has 1 unspecified atom stereocenters. The molecule has 6 heteroatoms. The minimum absolute atomic E-state index is 0.0456. The van der Waals surface area contributed by atoms with Crippen LogP contribution >= 0.6 is 0 Å². The largest absolute Gasteiger partial charge is 0.481 e. The van der Waals surface area contributed by atoms with Crippen molar-refractivity contribution in [1.82, 2.24) is 15.5 Å². The van der Waals surface area contributed by atoms with Crippen LogP contribution in [0.5, 0.6) is 0 Å². The molecule has 6 nitrogen and oxygen atoms in total. The molecular formula is C14H21N3O3. The molecular weight excluding hydrogens is 258 g/mol. The number of aliphatic carboxylic acids is 1. The van der Waals surface area contributed by atoms with Crippen molar-refractivity contribution >= 4 is 11.9 Å². The van der Waals surface area contributed by atoms with Crippen LogP contribution in [0.15, 0.2) is 6.07 Å². The first-order valence-corrected chi connectivity index (χ1v) is 6.71. The summed E-state index contributed by atoms with van der Waals surface area (Å²) in [6.45, 7) is 7.40. The maximum Gasteiger partial charge on any atom is 0.308 e. The predicted molar refractivity (Wildman–Crippen MR) is 74.4 cm³/mol. The number of carbonyl (C=O) groups excluding carboxylic acids is 1. The zero-order valence-electron chi connectivity index (χ0n) is 12.3. The Morgan fingerprint density at radius 2 is 2.00 bits per heavy atom. The summed E-state index contributed by atoms with van der Waals surface area (Å²) in [7, 11) is 0. The smallest absolute Gasteiger partial charge is 0.308 e. The second-order valence-electron chi connectivity index (χ2n) is 5.10. The van der Waals surface area contributed by atoms with Crippen molar-refractivity contribution in [2.45, 2.75) is 34.1 Å². The topological polar surface area (TPSA) is 92.2 Å². The molecule has 0 radical (unpaired) electrons. The Balaban J connectivity index is 2.81. The number of nitrogens with zero attached hydrogens (tertiary/aromatic N) is 2. The fraction of sp³-hybridized carbons (Fsp3) is 0.571. The third-order valence-corrected chi connectivity index (χ3v) is 3.18. The molecule has 0 aliphatic rings. The van der Waals surface area contributed by atoms with E-state index >= 15 is 0 Å². The highest BCUT2D eigenvalue weighted by Crippen LogP contribution is 2.11. The molecule has 1 atom stereocenters. The molecule has 0 fully saturated rings. The molecule has 0 aliphatic carbocycles. The van der Waals surface area contributed by atoms with Crippen LogP contribution < -0.4 is 5.32 Å². The lowest BCUT2D eigenvalue weighted by Crippen LogP contribution is -2.36. The van der Waals surface area contributed by atoms with E-state index in [2.05, 4.69) is 15.5 Å². The zero-order chi connectivity index (χ0) is 15.3. The summed E-state index contributed by atoms with van der Waals surface area (Å²) in [5.74, 6) is -1.84. The Morgan fingerprint density at radius 3 is 2.50 bits per heavy atom. The SMILES string of the molecule is CCc1nnc(C)cc1C(=O)NCC(C(=O)O)C(C)C. The summed E-state index contributed by atoms with van der Waals surface area (Å²) in [4.78, 5) is 23.2. The monoisotopic (exact) mass is 279 g/mol. The molecule has 0 saturated carbocycles. The van der Waals surface area contributed by atoms with E-state index in [-0.39, 0.29) is 18.4 Å². The first kappa shape index (κ1) is 16.1. The number of hydrogen-bond donors (Lipinski definition) is 2. The summed E-state index contributed by atoms with van der Waals surface area (Å²) in [5.41, 5.74) is 1.74. The molecule has 0 bridgehead atoms. The van der Waals surface area contributed by atoms with Gasteiger partial charge in [-0.25, -0.2) is 0 Å². The van der Waals surface area contributed by atoms with E-state index in [9.17, 15) is 9.59 Å². The average Bonchev–Trinajstić information content (AvgIpc) is 2.37. The van der Waals surface area contributed by atoms with Crippen LogP contribution in [0.25, 0.3) is 0 Å². The first-order valence-electron chi connectivity index (χ1n) is 6.71. The van der Waals surface area contributed by atoms with Crippen molar-refractivity contribution in [1.29, 1.82) is 0 Å². The van der Waals surface area contributed by atoms with E-state index < -0.39 is 11.9 Å². The van der Waals surface area contributed by atoms with E-state index in [1.54, 1.807) is 13.0 Å². The van der Waals surface area contributed by atoms with Gasteiger partial charge in [0.1, 0.15) is 0 Å². The van der Waals surface area contributed by atoms with Crippen LogP contribution in [0.2, 0.25) is 0 Å². The Kier molecular flexibility index (Phi) is 5.61. The summed E-state index contributed by atoms with van der Waals surface area (Å²) >= 11 is 0. The fourth-order valence-electron chi connectivity index (χ4n) is 1.88. The third kappa shape index (κ3) is 4.01. The normalized spacial score (nSPS) is 12.2.